The molecule has 5 N–H and O–H groups in total. The zero-order valence-corrected chi connectivity index (χ0v) is 37.6. The van der Waals surface area contributed by atoms with Gasteiger partial charge in [0.25, 0.3) is 0 Å². The molecular weight excluding hydrogens is 808 g/mol. The quantitative estimate of drug-likeness (QED) is 0.0544. The number of rotatable bonds is 16. The van der Waals surface area contributed by atoms with E-state index in [-0.39, 0.29) is 5.28 Å². The number of ether oxygens (including phenoxy) is 2. The van der Waals surface area contributed by atoms with E-state index in [1.54, 1.807) is 6.20 Å². The van der Waals surface area contributed by atoms with E-state index in [2.05, 4.69) is 70.0 Å². The molecule has 2 aromatic heterocycles. The SMILES string of the molecule is Cc1cnc(Cl)nc1NCc1ccccc1.Cc1cnc(Nc2ccc(OCCN3CCCCC3)cc2)nc1NCc1ccccc1.Nc1ccc(OCCN2CCCCC2)cc1. The second-order valence-electron chi connectivity index (χ2n) is 15.8. The van der Waals surface area contributed by atoms with Crippen molar-refractivity contribution in [1.82, 2.24) is 29.7 Å². The van der Waals surface area contributed by atoms with Crippen LogP contribution in [0.3, 0.4) is 0 Å². The first-order valence-electron chi connectivity index (χ1n) is 22.2. The van der Waals surface area contributed by atoms with E-state index >= 15 is 0 Å². The molecule has 0 radical (unpaired) electrons. The van der Waals surface area contributed by atoms with Gasteiger partial charge in [-0.15, -0.1) is 0 Å². The number of likely N-dealkylation sites (tertiary alicyclic amines) is 2. The van der Waals surface area contributed by atoms with Gasteiger partial charge in [0.1, 0.15) is 36.3 Å². The van der Waals surface area contributed by atoms with E-state index < -0.39 is 0 Å². The Kier molecular flexibility index (Phi) is 19.1. The first-order chi connectivity index (χ1) is 30.9. The fraction of sp³-hybridized carbons (Fsp3) is 0.360. The van der Waals surface area contributed by atoms with Crippen molar-refractivity contribution in [3.63, 3.8) is 0 Å². The van der Waals surface area contributed by atoms with Crippen LogP contribution >= 0.6 is 11.6 Å². The third-order valence-corrected chi connectivity index (χ3v) is 10.9. The predicted octanol–water partition coefficient (Wildman–Crippen LogP) is 10.2. The summed E-state index contributed by atoms with van der Waals surface area (Å²) in [5.41, 5.74) is 11.7. The summed E-state index contributed by atoms with van der Waals surface area (Å²) >= 11 is 5.74. The molecule has 0 spiro atoms. The van der Waals surface area contributed by atoms with Crippen molar-refractivity contribution in [2.24, 2.45) is 0 Å². The highest BCUT2D eigenvalue weighted by molar-refractivity contribution is 6.28. The number of benzene rings is 4. The Bertz CT molecular complexity index is 2190. The zero-order chi connectivity index (χ0) is 43.9. The Hall–Kier alpha value is -5.95. The number of piperidine rings is 2. The number of nitrogens with one attached hydrogen (secondary N) is 3. The maximum absolute atomic E-state index is 5.91. The van der Waals surface area contributed by atoms with Crippen LogP contribution in [0.2, 0.25) is 5.28 Å². The summed E-state index contributed by atoms with van der Waals surface area (Å²) in [5.74, 6) is 3.98. The number of aryl methyl sites for hydroxylation is 2. The van der Waals surface area contributed by atoms with E-state index in [0.29, 0.717) is 5.95 Å². The van der Waals surface area contributed by atoms with Gasteiger partial charge in [0.15, 0.2) is 0 Å². The molecule has 8 rings (SSSR count). The molecule has 0 atom stereocenters. The smallest absolute Gasteiger partial charge is 0.229 e. The fourth-order valence-corrected chi connectivity index (χ4v) is 7.26. The number of nitrogen functional groups attached to an aromatic ring is 1. The highest BCUT2D eigenvalue weighted by Gasteiger charge is 2.11. The minimum Gasteiger partial charge on any atom is -0.492 e. The van der Waals surface area contributed by atoms with E-state index in [4.69, 9.17) is 26.8 Å². The lowest BCUT2D eigenvalue weighted by atomic mass is 10.1. The van der Waals surface area contributed by atoms with Crippen LogP contribution in [0.4, 0.5) is 29.0 Å². The average Bonchev–Trinajstić information content (AvgIpc) is 3.32. The molecule has 6 aromatic rings. The molecule has 4 heterocycles. The third-order valence-electron chi connectivity index (χ3n) is 10.8. The van der Waals surface area contributed by atoms with Gasteiger partial charge in [0.2, 0.25) is 11.2 Å². The Morgan fingerprint density at radius 3 is 1.54 bits per heavy atom. The highest BCUT2D eigenvalue weighted by Crippen LogP contribution is 2.21. The largest absolute Gasteiger partial charge is 0.492 e. The number of anilines is 5. The van der Waals surface area contributed by atoms with Crippen molar-refractivity contribution >= 4 is 40.6 Å². The Morgan fingerprint density at radius 1 is 0.571 bits per heavy atom. The molecule has 63 heavy (non-hydrogen) atoms. The van der Waals surface area contributed by atoms with Gasteiger partial charge in [-0.2, -0.15) is 4.98 Å². The number of hydrogen-bond donors (Lipinski definition) is 4. The summed E-state index contributed by atoms with van der Waals surface area (Å²) < 4.78 is 11.6. The summed E-state index contributed by atoms with van der Waals surface area (Å²) in [5, 5.41) is 10.2. The molecule has 0 amide bonds. The maximum atomic E-state index is 5.91. The normalized spacial score (nSPS) is 14.0. The van der Waals surface area contributed by atoms with Crippen LogP contribution in [-0.4, -0.2) is 82.2 Å². The zero-order valence-electron chi connectivity index (χ0n) is 36.8. The van der Waals surface area contributed by atoms with E-state index in [1.807, 2.05) is 105 Å². The average molecular weight is 872 g/mol. The lowest BCUT2D eigenvalue weighted by Gasteiger charge is -2.26. The molecule has 332 valence electrons. The van der Waals surface area contributed by atoms with Crippen LogP contribution in [0.1, 0.15) is 60.8 Å². The maximum Gasteiger partial charge on any atom is 0.229 e. The molecule has 2 aliphatic rings. The van der Waals surface area contributed by atoms with Crippen LogP contribution in [-0.2, 0) is 13.1 Å². The van der Waals surface area contributed by atoms with Crippen LogP contribution in [0, 0.1) is 13.8 Å². The van der Waals surface area contributed by atoms with Crippen molar-refractivity contribution in [3.05, 3.63) is 149 Å². The molecule has 2 fully saturated rings. The molecule has 13 heteroatoms. The van der Waals surface area contributed by atoms with E-state index in [9.17, 15) is 0 Å². The van der Waals surface area contributed by atoms with Crippen molar-refractivity contribution in [2.45, 2.75) is 65.5 Å². The lowest BCUT2D eigenvalue weighted by Crippen LogP contribution is -2.33. The molecule has 2 saturated heterocycles. The summed E-state index contributed by atoms with van der Waals surface area (Å²) in [7, 11) is 0. The first kappa shape index (κ1) is 46.6. The number of aromatic nitrogens is 4. The molecule has 2 aliphatic heterocycles. The van der Waals surface area contributed by atoms with Crippen LogP contribution < -0.4 is 31.2 Å². The molecule has 0 unspecified atom stereocenters. The predicted molar refractivity (Wildman–Crippen MR) is 258 cm³/mol. The van der Waals surface area contributed by atoms with Gasteiger partial charge in [0.05, 0.1) is 0 Å². The van der Waals surface area contributed by atoms with Crippen molar-refractivity contribution in [1.29, 1.82) is 0 Å². The lowest BCUT2D eigenvalue weighted by molar-refractivity contribution is 0.183. The van der Waals surface area contributed by atoms with Crippen LogP contribution in [0.25, 0.3) is 0 Å². The van der Waals surface area contributed by atoms with Crippen LogP contribution in [0.15, 0.2) is 122 Å². The second-order valence-corrected chi connectivity index (χ2v) is 16.1. The third kappa shape index (κ3) is 17.0. The molecule has 0 saturated carbocycles. The molecular formula is C50H63ClN10O2. The van der Waals surface area contributed by atoms with Crippen molar-refractivity contribution < 1.29 is 9.47 Å². The topological polar surface area (TPSA) is 139 Å². The monoisotopic (exact) mass is 870 g/mol. The first-order valence-corrected chi connectivity index (χ1v) is 22.6. The molecule has 0 bridgehead atoms. The second kappa shape index (κ2) is 25.9. The summed E-state index contributed by atoms with van der Waals surface area (Å²) in [6.45, 7) is 13.8. The Labute approximate surface area is 378 Å². The molecule has 12 nitrogen and oxygen atoms in total. The Balaban J connectivity index is 0.000000173. The molecule has 4 aromatic carbocycles. The van der Waals surface area contributed by atoms with Gasteiger partial charge in [0, 0.05) is 61.1 Å². The minimum atomic E-state index is 0.265. The summed E-state index contributed by atoms with van der Waals surface area (Å²) in [4.78, 5) is 22.0. The van der Waals surface area contributed by atoms with Crippen LogP contribution in [0.5, 0.6) is 11.5 Å². The minimum absolute atomic E-state index is 0.265. The van der Waals surface area contributed by atoms with Gasteiger partial charge < -0.3 is 31.2 Å². The van der Waals surface area contributed by atoms with Gasteiger partial charge >= 0.3 is 0 Å². The van der Waals surface area contributed by atoms with E-state index in [1.165, 1.54) is 75.8 Å². The van der Waals surface area contributed by atoms with Gasteiger partial charge in [-0.25, -0.2) is 15.0 Å². The standard InChI is InChI=1S/C25H31N5O.C13H20N2O.C12H12ClN3/c1-20-18-27-25(29-24(20)26-19-21-8-4-2-5-9-21)28-22-10-12-23(13-11-22)31-17-16-30-14-6-3-7-15-30;14-12-4-6-13(7-5-12)16-11-10-15-8-2-1-3-9-15;1-9-7-15-12(13)16-11(9)14-8-10-5-3-2-4-6-10/h2,4-5,8-13,18H,3,6-7,14-17,19H2,1H3,(H2,26,27,28,29);4-7H,1-3,8-11,14H2;2-7H,8H2,1H3,(H,14,15,16). The number of nitrogens with two attached hydrogens (primary N) is 1. The Morgan fingerprint density at radius 2 is 1.03 bits per heavy atom. The number of nitrogens with zero attached hydrogens (tertiary/aromatic N) is 6. The van der Waals surface area contributed by atoms with Gasteiger partial charge in [-0.05, 0) is 137 Å². The molecule has 0 aliphatic carbocycles. The fourth-order valence-electron chi connectivity index (χ4n) is 7.12. The van der Waals surface area contributed by atoms with E-state index in [0.717, 1.165) is 85.0 Å². The van der Waals surface area contributed by atoms with Gasteiger partial charge in [-0.1, -0.05) is 73.5 Å². The van der Waals surface area contributed by atoms with Crippen molar-refractivity contribution in [2.75, 3.05) is 74.2 Å². The highest BCUT2D eigenvalue weighted by atomic mass is 35.5. The van der Waals surface area contributed by atoms with Crippen molar-refractivity contribution in [3.8, 4) is 11.5 Å². The summed E-state index contributed by atoms with van der Waals surface area (Å²) in [6.07, 6.45) is 11.6. The summed E-state index contributed by atoms with van der Waals surface area (Å²) in [6, 6.07) is 36.0. The van der Waals surface area contributed by atoms with Gasteiger partial charge in [-0.3, -0.25) is 9.80 Å². The number of halogens is 1. The number of hydrogen-bond acceptors (Lipinski definition) is 12.